The maximum atomic E-state index is 11.3. The van der Waals surface area contributed by atoms with Crippen molar-refractivity contribution in [2.45, 2.75) is 32.1 Å². The molecular weight excluding hydrogens is 343 g/mol. The molecule has 0 radical (unpaired) electrons. The van der Waals surface area contributed by atoms with Gasteiger partial charge in [0.05, 0.1) is 12.7 Å². The van der Waals surface area contributed by atoms with E-state index in [9.17, 15) is 4.57 Å². The van der Waals surface area contributed by atoms with Crippen LogP contribution in [-0.4, -0.2) is 7.11 Å². The topological polar surface area (TPSA) is 35.5 Å². The maximum Gasteiger partial charge on any atom is 0.395 e. The van der Waals surface area contributed by atoms with Crippen LogP contribution in [0.15, 0.2) is 42.0 Å². The van der Waals surface area contributed by atoms with E-state index in [1.54, 1.807) is 7.11 Å². The molecule has 3 nitrogen and oxygen atoms in total. The third-order valence-electron chi connectivity index (χ3n) is 6.74. The van der Waals surface area contributed by atoms with Crippen molar-refractivity contribution in [2.24, 2.45) is 23.7 Å². The van der Waals surface area contributed by atoms with Gasteiger partial charge >= 0.3 is 8.69 Å². The predicted molar refractivity (Wildman–Crippen MR) is 103 cm³/mol. The summed E-state index contributed by atoms with van der Waals surface area (Å²) in [6, 6.07) is 12.2. The standard InChI is InChI=1S/C22H23O3P/c1-24-22(20-16-9-13-8-14(11-16)12-17(20)10-13)19-7-6-15-4-2-3-5-18(15)21(19)25-26-23/h2-7,13-14,16-17H,8-12H2,1H3. The van der Waals surface area contributed by atoms with Crippen molar-refractivity contribution in [3.63, 3.8) is 0 Å². The summed E-state index contributed by atoms with van der Waals surface area (Å²) >= 11 is 0. The van der Waals surface area contributed by atoms with Crippen LogP contribution in [0.5, 0.6) is 5.75 Å². The van der Waals surface area contributed by atoms with Gasteiger partial charge in [-0.2, -0.15) is 0 Å². The SMILES string of the molecule is COC(=C1C2CC3CC(C2)CC1C3)c1ccc2ccccc2c1OP=O. The Morgan fingerprint density at radius 2 is 1.65 bits per heavy atom. The van der Waals surface area contributed by atoms with Crippen molar-refractivity contribution < 1.29 is 13.8 Å². The molecule has 2 aromatic carbocycles. The largest absolute Gasteiger partial charge is 0.496 e. The highest BCUT2D eigenvalue weighted by Gasteiger charge is 2.47. The number of allylic oxidation sites excluding steroid dienone is 1. The Labute approximate surface area is 155 Å². The van der Waals surface area contributed by atoms with E-state index in [-0.39, 0.29) is 8.69 Å². The molecule has 4 heteroatoms. The third-order valence-corrected chi connectivity index (χ3v) is 6.99. The number of methoxy groups -OCH3 is 1. The lowest BCUT2D eigenvalue weighted by Gasteiger charge is -2.51. The zero-order valence-corrected chi connectivity index (χ0v) is 15.9. The molecule has 0 aromatic heterocycles. The van der Waals surface area contributed by atoms with Crippen molar-refractivity contribution >= 4 is 25.2 Å². The van der Waals surface area contributed by atoms with E-state index >= 15 is 0 Å². The lowest BCUT2D eigenvalue weighted by atomic mass is 9.54. The normalized spacial score (nSPS) is 29.3. The van der Waals surface area contributed by atoms with Gasteiger partial charge in [0.25, 0.3) is 0 Å². The summed E-state index contributed by atoms with van der Waals surface area (Å²) in [6.07, 6.45) is 6.65. The van der Waals surface area contributed by atoms with Gasteiger partial charge in [-0.05, 0) is 72.8 Å². The fourth-order valence-corrected chi connectivity index (χ4v) is 6.27. The van der Waals surface area contributed by atoms with Gasteiger partial charge in [-0.3, -0.25) is 0 Å². The second kappa shape index (κ2) is 6.39. The second-order valence-corrected chi connectivity index (χ2v) is 8.45. The minimum absolute atomic E-state index is 0.333. The first kappa shape index (κ1) is 16.3. The summed E-state index contributed by atoms with van der Waals surface area (Å²) in [5.74, 6) is 4.73. The average molecular weight is 366 g/mol. The van der Waals surface area contributed by atoms with E-state index in [4.69, 9.17) is 9.26 Å². The molecule has 26 heavy (non-hydrogen) atoms. The Kier molecular flexibility index (Phi) is 4.01. The molecule has 4 saturated carbocycles. The van der Waals surface area contributed by atoms with Gasteiger partial charge in [-0.25, -0.2) is 4.57 Å². The number of ether oxygens (including phenoxy) is 1. The fourth-order valence-electron chi connectivity index (χ4n) is 6.00. The van der Waals surface area contributed by atoms with Crippen LogP contribution < -0.4 is 4.52 Å². The molecule has 4 bridgehead atoms. The minimum Gasteiger partial charge on any atom is -0.496 e. The number of benzene rings is 2. The molecule has 4 fully saturated rings. The molecule has 0 aliphatic heterocycles. The smallest absolute Gasteiger partial charge is 0.395 e. The first-order valence-corrected chi connectivity index (χ1v) is 10.3. The van der Waals surface area contributed by atoms with E-state index in [1.807, 2.05) is 18.2 Å². The van der Waals surface area contributed by atoms with E-state index < -0.39 is 0 Å². The summed E-state index contributed by atoms with van der Waals surface area (Å²) in [6.45, 7) is 0. The van der Waals surface area contributed by atoms with Crippen LogP contribution in [0.3, 0.4) is 0 Å². The lowest BCUT2D eigenvalue weighted by Crippen LogP contribution is -2.40. The molecule has 4 aliphatic rings. The molecule has 134 valence electrons. The summed E-state index contributed by atoms with van der Waals surface area (Å²) in [7, 11) is 1.43. The summed E-state index contributed by atoms with van der Waals surface area (Å²) in [5.41, 5.74) is 2.43. The Morgan fingerprint density at radius 1 is 0.962 bits per heavy atom. The van der Waals surface area contributed by atoms with Crippen LogP contribution in [-0.2, 0) is 9.30 Å². The van der Waals surface area contributed by atoms with Gasteiger partial charge in [-0.1, -0.05) is 30.3 Å². The van der Waals surface area contributed by atoms with Crippen LogP contribution in [0.1, 0.15) is 37.7 Å². The Hall–Kier alpha value is -1.86. The van der Waals surface area contributed by atoms with Crippen molar-refractivity contribution in [3.05, 3.63) is 47.5 Å². The fraction of sp³-hybridized carbons (Fsp3) is 0.455. The number of hydrogen-bond donors (Lipinski definition) is 0. The van der Waals surface area contributed by atoms with E-state index in [0.717, 1.165) is 33.9 Å². The van der Waals surface area contributed by atoms with Crippen LogP contribution in [0.2, 0.25) is 0 Å². The summed E-state index contributed by atoms with van der Waals surface area (Å²) in [5, 5.41) is 2.06. The van der Waals surface area contributed by atoms with Gasteiger partial charge in [-0.15, -0.1) is 0 Å². The van der Waals surface area contributed by atoms with Crippen molar-refractivity contribution in [1.82, 2.24) is 0 Å². The molecule has 0 heterocycles. The quantitative estimate of drug-likeness (QED) is 0.475. The minimum atomic E-state index is -0.333. The van der Waals surface area contributed by atoms with E-state index in [1.165, 1.54) is 37.7 Å². The van der Waals surface area contributed by atoms with Gasteiger partial charge in [0.2, 0.25) is 0 Å². The van der Waals surface area contributed by atoms with Crippen LogP contribution in [0, 0.1) is 23.7 Å². The van der Waals surface area contributed by atoms with Gasteiger partial charge < -0.3 is 9.26 Å². The van der Waals surface area contributed by atoms with Gasteiger partial charge in [0, 0.05) is 5.39 Å². The number of hydrogen-bond acceptors (Lipinski definition) is 3. The highest BCUT2D eigenvalue weighted by atomic mass is 31.1. The monoisotopic (exact) mass is 366 g/mol. The van der Waals surface area contributed by atoms with E-state index in [0.29, 0.717) is 17.6 Å². The molecule has 0 amide bonds. The number of rotatable bonds is 4. The number of fused-ring (bicyclic) bond motifs is 1. The van der Waals surface area contributed by atoms with Crippen LogP contribution in [0.25, 0.3) is 16.5 Å². The molecular formula is C22H23O3P. The predicted octanol–water partition coefficient (Wildman–Crippen LogP) is 6.24. The van der Waals surface area contributed by atoms with Gasteiger partial charge in [0.1, 0.15) is 5.76 Å². The van der Waals surface area contributed by atoms with Crippen LogP contribution in [0.4, 0.5) is 0 Å². The molecule has 0 atom stereocenters. The Morgan fingerprint density at radius 3 is 2.31 bits per heavy atom. The Balaban J connectivity index is 1.70. The average Bonchev–Trinajstić information content (AvgIpc) is 2.65. The van der Waals surface area contributed by atoms with Crippen LogP contribution >= 0.6 is 8.69 Å². The molecule has 0 N–H and O–H groups in total. The highest BCUT2D eigenvalue weighted by molar-refractivity contribution is 7.17. The summed E-state index contributed by atoms with van der Waals surface area (Å²) in [4.78, 5) is 0. The highest BCUT2D eigenvalue weighted by Crippen LogP contribution is 2.58. The summed E-state index contributed by atoms with van der Waals surface area (Å²) < 4.78 is 22.9. The van der Waals surface area contributed by atoms with Crippen molar-refractivity contribution in [3.8, 4) is 5.75 Å². The van der Waals surface area contributed by atoms with E-state index in [2.05, 4.69) is 18.2 Å². The molecule has 4 aliphatic carbocycles. The zero-order valence-electron chi connectivity index (χ0n) is 15.0. The second-order valence-electron chi connectivity index (χ2n) is 8.12. The van der Waals surface area contributed by atoms with Gasteiger partial charge in [0.15, 0.2) is 5.75 Å². The first-order chi connectivity index (χ1) is 12.8. The first-order valence-electron chi connectivity index (χ1n) is 9.58. The molecule has 2 aromatic rings. The molecule has 6 rings (SSSR count). The molecule has 0 unspecified atom stereocenters. The molecule has 0 saturated heterocycles. The third kappa shape index (κ3) is 2.48. The Bertz CT molecular complexity index is 871. The zero-order chi connectivity index (χ0) is 17.7. The molecule has 0 spiro atoms. The lowest BCUT2D eigenvalue weighted by molar-refractivity contribution is 0.0675. The van der Waals surface area contributed by atoms with Crippen molar-refractivity contribution in [2.75, 3.05) is 7.11 Å². The maximum absolute atomic E-state index is 11.3. The van der Waals surface area contributed by atoms with Crippen molar-refractivity contribution in [1.29, 1.82) is 0 Å².